The summed E-state index contributed by atoms with van der Waals surface area (Å²) in [6, 6.07) is 10.2. The van der Waals surface area contributed by atoms with Crippen LogP contribution in [0.25, 0.3) is 0 Å². The van der Waals surface area contributed by atoms with Crippen molar-refractivity contribution in [1.82, 2.24) is 0 Å². The minimum Gasteiger partial charge on any atom is -0.493 e. The molecule has 1 unspecified atom stereocenters. The summed E-state index contributed by atoms with van der Waals surface area (Å²) in [4.78, 5) is 12.1. The molecule has 0 aliphatic carbocycles. The van der Waals surface area contributed by atoms with Crippen molar-refractivity contribution in [1.29, 1.82) is 0 Å². The van der Waals surface area contributed by atoms with Crippen molar-refractivity contribution in [3.63, 3.8) is 0 Å². The Bertz CT molecular complexity index is 962. The van der Waals surface area contributed by atoms with Crippen molar-refractivity contribution >= 4 is 16.1 Å². The van der Waals surface area contributed by atoms with Crippen LogP contribution in [0.4, 0.5) is 0 Å². The summed E-state index contributed by atoms with van der Waals surface area (Å²) in [5, 5.41) is 0. The second-order valence-electron chi connectivity index (χ2n) is 7.68. The molecule has 2 N–H and O–H groups in total. The van der Waals surface area contributed by atoms with Crippen LogP contribution in [0, 0.1) is 6.92 Å². The van der Waals surface area contributed by atoms with Crippen molar-refractivity contribution in [3.8, 4) is 11.5 Å². The van der Waals surface area contributed by atoms with Crippen LogP contribution in [-0.2, 0) is 26.1 Å². The highest BCUT2D eigenvalue weighted by atomic mass is 32.2. The van der Waals surface area contributed by atoms with Gasteiger partial charge in [0.05, 0.1) is 7.11 Å². The van der Waals surface area contributed by atoms with E-state index in [2.05, 4.69) is 0 Å². The van der Waals surface area contributed by atoms with Crippen LogP contribution >= 0.6 is 0 Å². The number of rotatable bonds is 7. The third kappa shape index (κ3) is 6.47. The third-order valence-corrected chi connectivity index (χ3v) is 5.15. The highest BCUT2D eigenvalue weighted by Gasteiger charge is 2.24. The van der Waals surface area contributed by atoms with Crippen molar-refractivity contribution in [3.05, 3.63) is 53.6 Å². The fraction of sp³-hybridized carbons (Fsp3) is 0.381. The van der Waals surface area contributed by atoms with Gasteiger partial charge in [-0.05, 0) is 63.9 Å². The molecule has 2 aromatic carbocycles. The molecule has 7 nitrogen and oxygen atoms in total. The van der Waals surface area contributed by atoms with Crippen LogP contribution in [0.2, 0.25) is 0 Å². The molecule has 0 fully saturated rings. The maximum Gasteiger partial charge on any atom is 0.339 e. The van der Waals surface area contributed by atoms with Crippen LogP contribution in [0.1, 0.15) is 31.9 Å². The first kappa shape index (κ1) is 22.7. The normalized spacial score (nSPS) is 12.9. The van der Waals surface area contributed by atoms with E-state index < -0.39 is 27.7 Å². The maximum atomic E-state index is 12.6. The van der Waals surface area contributed by atoms with Crippen molar-refractivity contribution in [2.75, 3.05) is 7.11 Å². The van der Waals surface area contributed by atoms with Gasteiger partial charge in [-0.3, -0.25) is 4.79 Å². The van der Waals surface area contributed by atoms with Gasteiger partial charge in [0.25, 0.3) is 0 Å². The second kappa shape index (κ2) is 8.84. The average molecular weight is 422 g/mol. The molecule has 0 heterocycles. The standard InChI is InChI=1S/C21H27NO6S/c1-14-6-9-16(10-7-14)29(24,25)28-19-13-15(8-11-18(19)26-5)12-17(22)20(23)27-21(2,3)4/h6-11,13,17H,12,22H2,1-5H3. The molecule has 0 radical (unpaired) electrons. The zero-order valence-corrected chi connectivity index (χ0v) is 18.1. The Morgan fingerprint density at radius 1 is 1.07 bits per heavy atom. The number of hydrogen-bond donors (Lipinski definition) is 1. The smallest absolute Gasteiger partial charge is 0.339 e. The lowest BCUT2D eigenvalue weighted by Crippen LogP contribution is -2.38. The molecule has 0 saturated heterocycles. The van der Waals surface area contributed by atoms with Gasteiger partial charge < -0.3 is 19.4 Å². The summed E-state index contributed by atoms with van der Waals surface area (Å²) in [5.74, 6) is -0.277. The first-order valence-electron chi connectivity index (χ1n) is 9.08. The number of hydrogen-bond acceptors (Lipinski definition) is 7. The SMILES string of the molecule is COc1ccc(CC(N)C(=O)OC(C)(C)C)cc1OS(=O)(=O)c1ccc(C)cc1. The van der Waals surface area contributed by atoms with E-state index in [4.69, 9.17) is 19.4 Å². The number of nitrogens with two attached hydrogens (primary N) is 1. The first-order chi connectivity index (χ1) is 13.4. The zero-order chi connectivity index (χ0) is 21.8. The van der Waals surface area contributed by atoms with Crippen LogP contribution in [0.5, 0.6) is 11.5 Å². The molecule has 2 aromatic rings. The fourth-order valence-electron chi connectivity index (χ4n) is 2.50. The van der Waals surface area contributed by atoms with Gasteiger partial charge in [-0.1, -0.05) is 23.8 Å². The van der Waals surface area contributed by atoms with Crippen molar-refractivity contribution in [2.45, 2.75) is 50.7 Å². The largest absolute Gasteiger partial charge is 0.493 e. The number of benzene rings is 2. The van der Waals surface area contributed by atoms with Gasteiger partial charge >= 0.3 is 16.1 Å². The summed E-state index contributed by atoms with van der Waals surface area (Å²) in [6.07, 6.45) is 0.153. The van der Waals surface area contributed by atoms with E-state index in [-0.39, 0.29) is 22.8 Å². The van der Waals surface area contributed by atoms with E-state index >= 15 is 0 Å². The molecule has 29 heavy (non-hydrogen) atoms. The fourth-order valence-corrected chi connectivity index (χ4v) is 3.43. The van der Waals surface area contributed by atoms with Gasteiger partial charge in [0, 0.05) is 0 Å². The maximum absolute atomic E-state index is 12.6. The van der Waals surface area contributed by atoms with Crippen LogP contribution in [-0.4, -0.2) is 33.1 Å². The third-order valence-electron chi connectivity index (χ3n) is 3.90. The molecule has 0 amide bonds. The van der Waals surface area contributed by atoms with Gasteiger partial charge in [-0.25, -0.2) is 0 Å². The molecule has 0 spiro atoms. The minimum atomic E-state index is -4.05. The number of aryl methyl sites for hydroxylation is 1. The van der Waals surface area contributed by atoms with Crippen molar-refractivity contribution < 1.29 is 26.9 Å². The van der Waals surface area contributed by atoms with Crippen molar-refractivity contribution in [2.24, 2.45) is 5.73 Å². The van der Waals surface area contributed by atoms with Gasteiger partial charge in [-0.2, -0.15) is 8.42 Å². The summed E-state index contributed by atoms with van der Waals surface area (Å²) in [7, 11) is -2.64. The molecule has 0 bridgehead atoms. The Hall–Kier alpha value is -2.58. The van der Waals surface area contributed by atoms with E-state index in [9.17, 15) is 13.2 Å². The summed E-state index contributed by atoms with van der Waals surface area (Å²) >= 11 is 0. The minimum absolute atomic E-state index is 0.0157. The average Bonchev–Trinajstić information content (AvgIpc) is 2.60. The number of esters is 1. The lowest BCUT2D eigenvalue weighted by Gasteiger charge is -2.22. The topological polar surface area (TPSA) is 105 Å². The Balaban J connectivity index is 2.24. The van der Waals surface area contributed by atoms with Gasteiger partial charge in [-0.15, -0.1) is 0 Å². The molecule has 0 aliphatic rings. The molecule has 0 saturated carbocycles. The summed E-state index contributed by atoms with van der Waals surface area (Å²) in [5.41, 5.74) is 6.84. The van der Waals surface area contributed by atoms with Gasteiger partial charge in [0.15, 0.2) is 11.5 Å². The molecule has 8 heteroatoms. The molecular weight excluding hydrogens is 394 g/mol. The predicted octanol–water partition coefficient (Wildman–Crippen LogP) is 2.98. The molecular formula is C21H27NO6S. The number of methoxy groups -OCH3 is 1. The Morgan fingerprint density at radius 2 is 1.69 bits per heavy atom. The van der Waals surface area contributed by atoms with Crippen LogP contribution in [0.3, 0.4) is 0 Å². The second-order valence-corrected chi connectivity index (χ2v) is 9.23. The van der Waals surface area contributed by atoms with Gasteiger partial charge in [0.1, 0.15) is 16.5 Å². The Kier molecular flexibility index (Phi) is 6.92. The lowest BCUT2D eigenvalue weighted by atomic mass is 10.1. The zero-order valence-electron chi connectivity index (χ0n) is 17.3. The highest BCUT2D eigenvalue weighted by Crippen LogP contribution is 2.31. The molecule has 1 atom stereocenters. The molecule has 0 aliphatic heterocycles. The van der Waals surface area contributed by atoms with Crippen LogP contribution in [0.15, 0.2) is 47.4 Å². The Labute approximate surface area is 171 Å². The number of carbonyl (C=O) groups is 1. The van der Waals surface area contributed by atoms with Crippen LogP contribution < -0.4 is 14.7 Å². The summed E-state index contributed by atoms with van der Waals surface area (Å²) in [6.45, 7) is 7.13. The van der Waals surface area contributed by atoms with E-state index in [1.165, 1.54) is 25.3 Å². The number of ether oxygens (including phenoxy) is 2. The van der Waals surface area contributed by atoms with E-state index in [1.807, 2.05) is 6.92 Å². The molecule has 0 aromatic heterocycles. The predicted molar refractivity (Wildman–Crippen MR) is 110 cm³/mol. The lowest BCUT2D eigenvalue weighted by molar-refractivity contribution is -0.156. The quantitative estimate of drug-likeness (QED) is 0.541. The van der Waals surface area contributed by atoms with Gasteiger partial charge in [0.2, 0.25) is 0 Å². The first-order valence-corrected chi connectivity index (χ1v) is 10.5. The summed E-state index contributed by atoms with van der Waals surface area (Å²) < 4.78 is 41.0. The van der Waals surface area contributed by atoms with E-state index in [0.717, 1.165) is 5.56 Å². The monoisotopic (exact) mass is 421 g/mol. The van der Waals surface area contributed by atoms with E-state index in [1.54, 1.807) is 45.0 Å². The highest BCUT2D eigenvalue weighted by molar-refractivity contribution is 7.87. The molecule has 158 valence electrons. The number of carbonyl (C=O) groups excluding carboxylic acids is 1. The van der Waals surface area contributed by atoms with E-state index in [0.29, 0.717) is 5.56 Å². The Morgan fingerprint density at radius 3 is 2.24 bits per heavy atom. The molecule has 2 rings (SSSR count).